The molecule has 0 bridgehead atoms. The van der Waals surface area contributed by atoms with E-state index < -0.39 is 10.0 Å². The Hall–Kier alpha value is -1.77. The largest absolute Gasteiger partial charge is 0.347 e. The Bertz CT molecular complexity index is 769. The number of rotatable bonds is 6. The van der Waals surface area contributed by atoms with E-state index in [1.807, 2.05) is 0 Å². The van der Waals surface area contributed by atoms with Crippen LogP contribution in [0.15, 0.2) is 35.4 Å². The molecule has 1 amide bonds. The second-order valence-electron chi connectivity index (χ2n) is 4.74. The van der Waals surface area contributed by atoms with Crippen LogP contribution < -0.4 is 10.5 Å². The van der Waals surface area contributed by atoms with Gasteiger partial charge < -0.3 is 5.32 Å². The van der Waals surface area contributed by atoms with Gasteiger partial charge in [-0.15, -0.1) is 11.3 Å². The number of benzene rings is 1. The summed E-state index contributed by atoms with van der Waals surface area (Å²) in [6.45, 7) is 2.28. The van der Waals surface area contributed by atoms with Gasteiger partial charge in [0.15, 0.2) is 0 Å². The summed E-state index contributed by atoms with van der Waals surface area (Å²) in [7, 11) is -3.74. The second kappa shape index (κ2) is 6.99. The number of nitrogens with zero attached hydrogens (tertiary/aromatic N) is 1. The SMILES string of the molecule is CCCc1ncc(C(=O)NCc2cccc(S(N)(=O)=O)c2)s1. The van der Waals surface area contributed by atoms with Crippen LogP contribution in [0.3, 0.4) is 0 Å². The van der Waals surface area contributed by atoms with Gasteiger partial charge in [-0.1, -0.05) is 19.1 Å². The van der Waals surface area contributed by atoms with Gasteiger partial charge in [-0.3, -0.25) is 4.79 Å². The number of primary sulfonamides is 1. The number of aryl methyl sites for hydroxylation is 1. The molecule has 0 aliphatic heterocycles. The maximum absolute atomic E-state index is 12.0. The minimum Gasteiger partial charge on any atom is -0.347 e. The molecule has 0 fully saturated rings. The van der Waals surface area contributed by atoms with Crippen LogP contribution in [0.4, 0.5) is 0 Å². The molecule has 0 saturated carbocycles. The lowest BCUT2D eigenvalue weighted by molar-refractivity contribution is 0.0954. The van der Waals surface area contributed by atoms with Crippen molar-refractivity contribution in [1.29, 1.82) is 0 Å². The molecule has 6 nitrogen and oxygen atoms in total. The summed E-state index contributed by atoms with van der Waals surface area (Å²) in [6.07, 6.45) is 3.40. The predicted molar refractivity (Wildman–Crippen MR) is 85.1 cm³/mol. The zero-order valence-corrected chi connectivity index (χ0v) is 13.7. The van der Waals surface area contributed by atoms with Crippen LogP contribution in [0.2, 0.25) is 0 Å². The van der Waals surface area contributed by atoms with Crippen LogP contribution >= 0.6 is 11.3 Å². The van der Waals surface area contributed by atoms with E-state index in [0.717, 1.165) is 17.8 Å². The normalized spacial score (nSPS) is 11.4. The summed E-state index contributed by atoms with van der Waals surface area (Å²) in [4.78, 5) is 16.8. The van der Waals surface area contributed by atoms with Gasteiger partial charge in [-0.25, -0.2) is 18.5 Å². The number of thiazole rings is 1. The van der Waals surface area contributed by atoms with Crippen molar-refractivity contribution >= 4 is 27.3 Å². The Balaban J connectivity index is 2.01. The zero-order chi connectivity index (χ0) is 16.2. The number of sulfonamides is 1. The summed E-state index contributed by atoms with van der Waals surface area (Å²) < 4.78 is 22.6. The number of aromatic nitrogens is 1. The molecule has 0 aliphatic rings. The van der Waals surface area contributed by atoms with Gasteiger partial charge >= 0.3 is 0 Å². The van der Waals surface area contributed by atoms with Crippen molar-refractivity contribution in [3.63, 3.8) is 0 Å². The Morgan fingerprint density at radius 1 is 1.41 bits per heavy atom. The molecular formula is C14H17N3O3S2. The van der Waals surface area contributed by atoms with Gasteiger partial charge in [0.25, 0.3) is 5.91 Å². The van der Waals surface area contributed by atoms with Crippen LogP contribution in [0.5, 0.6) is 0 Å². The highest BCUT2D eigenvalue weighted by atomic mass is 32.2. The third-order valence-corrected chi connectivity index (χ3v) is 4.89. The first-order chi connectivity index (χ1) is 10.4. The van der Waals surface area contributed by atoms with E-state index in [1.54, 1.807) is 18.3 Å². The number of carbonyl (C=O) groups is 1. The molecule has 0 radical (unpaired) electrons. The highest BCUT2D eigenvalue weighted by Crippen LogP contribution is 2.15. The molecule has 0 unspecified atom stereocenters. The maximum atomic E-state index is 12.0. The zero-order valence-electron chi connectivity index (χ0n) is 12.1. The van der Waals surface area contributed by atoms with Crippen molar-refractivity contribution in [3.8, 4) is 0 Å². The summed E-state index contributed by atoms with van der Waals surface area (Å²) in [6, 6.07) is 6.18. The minimum absolute atomic E-state index is 0.0299. The first kappa shape index (κ1) is 16.6. The number of hydrogen-bond acceptors (Lipinski definition) is 5. The van der Waals surface area contributed by atoms with Crippen molar-refractivity contribution in [1.82, 2.24) is 10.3 Å². The summed E-state index contributed by atoms with van der Waals surface area (Å²) in [5.74, 6) is -0.221. The van der Waals surface area contributed by atoms with Gasteiger partial charge in [0, 0.05) is 6.54 Å². The lowest BCUT2D eigenvalue weighted by atomic mass is 10.2. The van der Waals surface area contributed by atoms with Crippen LogP contribution in [0, 0.1) is 0 Å². The molecule has 1 heterocycles. The van der Waals surface area contributed by atoms with E-state index in [0.29, 0.717) is 10.4 Å². The van der Waals surface area contributed by atoms with Gasteiger partial charge in [0.1, 0.15) is 4.88 Å². The van der Waals surface area contributed by atoms with Crippen molar-refractivity contribution < 1.29 is 13.2 Å². The van der Waals surface area contributed by atoms with Crippen LogP contribution in [-0.2, 0) is 23.0 Å². The molecule has 0 atom stereocenters. The van der Waals surface area contributed by atoms with Gasteiger partial charge in [0.2, 0.25) is 10.0 Å². The lowest BCUT2D eigenvalue weighted by Gasteiger charge is -2.05. The molecule has 0 spiro atoms. The molecule has 3 N–H and O–H groups in total. The van der Waals surface area contributed by atoms with E-state index in [4.69, 9.17) is 5.14 Å². The predicted octanol–water partition coefficient (Wildman–Crippen LogP) is 1.67. The number of nitrogens with one attached hydrogen (secondary N) is 1. The average molecular weight is 339 g/mol. The highest BCUT2D eigenvalue weighted by Gasteiger charge is 2.11. The summed E-state index contributed by atoms with van der Waals surface area (Å²) >= 11 is 1.37. The molecular weight excluding hydrogens is 322 g/mol. The summed E-state index contributed by atoms with van der Waals surface area (Å²) in [5.41, 5.74) is 0.665. The molecule has 1 aromatic carbocycles. The van der Waals surface area contributed by atoms with Crippen LogP contribution in [0.25, 0.3) is 0 Å². The van der Waals surface area contributed by atoms with Crippen LogP contribution in [-0.4, -0.2) is 19.3 Å². The van der Waals surface area contributed by atoms with Crippen molar-refractivity contribution in [2.24, 2.45) is 5.14 Å². The molecule has 22 heavy (non-hydrogen) atoms. The van der Waals surface area contributed by atoms with E-state index in [9.17, 15) is 13.2 Å². The fourth-order valence-electron chi connectivity index (χ4n) is 1.85. The number of hydrogen-bond donors (Lipinski definition) is 2. The Kier molecular flexibility index (Phi) is 5.28. The Morgan fingerprint density at radius 3 is 2.86 bits per heavy atom. The monoisotopic (exact) mass is 339 g/mol. The van der Waals surface area contributed by atoms with E-state index in [1.165, 1.54) is 23.5 Å². The smallest absolute Gasteiger partial charge is 0.263 e. The minimum atomic E-state index is -3.74. The topological polar surface area (TPSA) is 102 Å². The van der Waals surface area contributed by atoms with Crippen molar-refractivity contribution in [3.05, 3.63) is 45.9 Å². The first-order valence-corrected chi connectivity index (χ1v) is 9.11. The van der Waals surface area contributed by atoms with E-state index >= 15 is 0 Å². The second-order valence-corrected chi connectivity index (χ2v) is 7.42. The average Bonchev–Trinajstić information content (AvgIpc) is 2.93. The standard InChI is InChI=1S/C14H17N3O3S2/c1-2-4-13-16-9-12(21-13)14(18)17-8-10-5-3-6-11(7-10)22(15,19)20/h3,5-7,9H,2,4,8H2,1H3,(H,17,18)(H2,15,19,20). The molecule has 0 aliphatic carbocycles. The first-order valence-electron chi connectivity index (χ1n) is 6.75. The fourth-order valence-corrected chi connectivity index (χ4v) is 3.37. The number of carbonyl (C=O) groups excluding carboxylic acids is 1. The molecule has 2 aromatic rings. The number of amides is 1. The highest BCUT2D eigenvalue weighted by molar-refractivity contribution is 7.89. The maximum Gasteiger partial charge on any atom is 0.263 e. The third kappa shape index (κ3) is 4.36. The van der Waals surface area contributed by atoms with E-state index in [-0.39, 0.29) is 17.3 Å². The molecule has 118 valence electrons. The Labute approximate surface area is 133 Å². The van der Waals surface area contributed by atoms with Gasteiger partial charge in [-0.05, 0) is 30.5 Å². The molecule has 8 heteroatoms. The van der Waals surface area contributed by atoms with Crippen LogP contribution in [0.1, 0.15) is 33.6 Å². The van der Waals surface area contributed by atoms with Crippen molar-refractivity contribution in [2.75, 3.05) is 0 Å². The lowest BCUT2D eigenvalue weighted by Crippen LogP contribution is -2.22. The molecule has 0 saturated heterocycles. The number of nitrogens with two attached hydrogens (primary N) is 1. The molecule has 1 aromatic heterocycles. The molecule has 2 rings (SSSR count). The Morgan fingerprint density at radius 2 is 2.18 bits per heavy atom. The quantitative estimate of drug-likeness (QED) is 0.835. The summed E-state index contributed by atoms with van der Waals surface area (Å²) in [5, 5.41) is 8.76. The fraction of sp³-hybridized carbons (Fsp3) is 0.286. The van der Waals surface area contributed by atoms with Gasteiger partial charge in [-0.2, -0.15) is 0 Å². The van der Waals surface area contributed by atoms with Crippen molar-refractivity contribution in [2.45, 2.75) is 31.2 Å². The third-order valence-electron chi connectivity index (χ3n) is 2.92. The van der Waals surface area contributed by atoms with Gasteiger partial charge in [0.05, 0.1) is 16.1 Å². The van der Waals surface area contributed by atoms with E-state index in [2.05, 4.69) is 17.2 Å².